The van der Waals surface area contributed by atoms with Crippen LogP contribution in [0.2, 0.25) is 0 Å². The van der Waals surface area contributed by atoms with Gasteiger partial charge >= 0.3 is 0 Å². The molecule has 3 rings (SSSR count). The smallest absolute Gasteiger partial charge is 0.292 e. The second-order valence-corrected chi connectivity index (χ2v) is 5.91. The molecule has 0 aromatic heterocycles. The summed E-state index contributed by atoms with van der Waals surface area (Å²) in [5, 5.41) is 21.2. The highest BCUT2D eigenvalue weighted by atomic mass is 16.6. The van der Waals surface area contributed by atoms with Crippen LogP contribution >= 0.6 is 0 Å². The molecule has 0 bridgehead atoms. The molecule has 1 fully saturated rings. The number of piperazine rings is 1. The molecule has 1 aliphatic rings. The number of carbonyl (C=O) groups is 1. The highest BCUT2D eigenvalue weighted by Crippen LogP contribution is 2.29. The minimum Gasteiger partial charge on any atom is -0.507 e. The van der Waals surface area contributed by atoms with Gasteiger partial charge in [0.05, 0.1) is 17.6 Å². The number of methoxy groups -OCH3 is 1. The van der Waals surface area contributed by atoms with Crippen molar-refractivity contribution >= 4 is 17.3 Å². The number of nitro groups is 1. The second-order valence-electron chi connectivity index (χ2n) is 5.91. The average Bonchev–Trinajstić information content (AvgIpc) is 2.67. The fourth-order valence-corrected chi connectivity index (χ4v) is 3.03. The number of benzene rings is 2. The number of aromatic hydroxyl groups is 1. The molecule has 1 heterocycles. The number of carbonyl (C=O) groups excluding carboxylic acids is 1. The summed E-state index contributed by atoms with van der Waals surface area (Å²) < 4.78 is 5.02. The van der Waals surface area contributed by atoms with E-state index in [1.165, 1.54) is 25.3 Å². The molecule has 2 aromatic rings. The van der Waals surface area contributed by atoms with Crippen LogP contribution in [-0.4, -0.2) is 54.1 Å². The molecule has 0 atom stereocenters. The molecule has 1 N–H and O–H groups in total. The molecule has 0 aliphatic carbocycles. The van der Waals surface area contributed by atoms with Crippen molar-refractivity contribution in [2.75, 3.05) is 38.2 Å². The zero-order chi connectivity index (χ0) is 18.7. The van der Waals surface area contributed by atoms with Gasteiger partial charge in [-0.15, -0.1) is 0 Å². The van der Waals surface area contributed by atoms with Gasteiger partial charge in [0.25, 0.3) is 11.6 Å². The maximum Gasteiger partial charge on any atom is 0.292 e. The number of nitro benzene ring substituents is 1. The molecule has 1 amide bonds. The van der Waals surface area contributed by atoms with E-state index < -0.39 is 4.92 Å². The molecule has 8 heteroatoms. The Bertz CT molecular complexity index is 831. The van der Waals surface area contributed by atoms with Crippen LogP contribution in [-0.2, 0) is 0 Å². The van der Waals surface area contributed by atoms with Gasteiger partial charge in [0, 0.05) is 38.3 Å². The number of phenolic OH excluding ortho intramolecular Hbond substituents is 1. The molecule has 0 saturated carbocycles. The lowest BCUT2D eigenvalue weighted by Crippen LogP contribution is -2.49. The van der Waals surface area contributed by atoms with Crippen molar-refractivity contribution in [3.63, 3.8) is 0 Å². The Morgan fingerprint density at radius 1 is 1.15 bits per heavy atom. The Morgan fingerprint density at radius 2 is 1.85 bits per heavy atom. The van der Waals surface area contributed by atoms with Crippen molar-refractivity contribution in [3.8, 4) is 11.5 Å². The predicted molar refractivity (Wildman–Crippen MR) is 95.9 cm³/mol. The van der Waals surface area contributed by atoms with E-state index in [2.05, 4.69) is 0 Å². The van der Waals surface area contributed by atoms with Gasteiger partial charge in [-0.1, -0.05) is 12.1 Å². The van der Waals surface area contributed by atoms with Gasteiger partial charge in [0.1, 0.15) is 17.2 Å². The van der Waals surface area contributed by atoms with Crippen molar-refractivity contribution in [2.45, 2.75) is 0 Å². The normalized spacial score (nSPS) is 14.2. The van der Waals surface area contributed by atoms with Crippen molar-refractivity contribution in [3.05, 3.63) is 58.1 Å². The van der Waals surface area contributed by atoms with Gasteiger partial charge in [-0.25, -0.2) is 0 Å². The predicted octanol–water partition coefficient (Wildman–Crippen LogP) is 2.27. The number of hydrogen-bond acceptors (Lipinski definition) is 6. The largest absolute Gasteiger partial charge is 0.507 e. The van der Waals surface area contributed by atoms with Crippen LogP contribution in [0.25, 0.3) is 0 Å². The fraction of sp³-hybridized carbons (Fsp3) is 0.278. The summed E-state index contributed by atoms with van der Waals surface area (Å²) in [6, 6.07) is 11.1. The van der Waals surface area contributed by atoms with E-state index >= 15 is 0 Å². The first kappa shape index (κ1) is 17.5. The highest BCUT2D eigenvalue weighted by molar-refractivity contribution is 5.97. The van der Waals surface area contributed by atoms with Crippen molar-refractivity contribution < 1.29 is 19.6 Å². The van der Waals surface area contributed by atoms with Crippen molar-refractivity contribution in [1.82, 2.24) is 4.90 Å². The average molecular weight is 357 g/mol. The molecule has 1 aliphatic heterocycles. The van der Waals surface area contributed by atoms with E-state index in [-0.39, 0.29) is 22.9 Å². The Balaban J connectivity index is 1.71. The first-order valence-electron chi connectivity index (χ1n) is 8.16. The Morgan fingerprint density at radius 3 is 2.46 bits per heavy atom. The minimum absolute atomic E-state index is 0.0556. The standard InChI is InChI=1S/C18H19N3O5/c1-26-13-6-7-14(17(22)12-13)18(23)20-10-8-19(9-11-20)15-4-2-3-5-16(15)21(24)25/h2-7,12,22H,8-11H2,1H3. The first-order chi connectivity index (χ1) is 12.5. The van der Waals surface area contributed by atoms with Crippen LogP contribution < -0.4 is 9.64 Å². The molecule has 1 saturated heterocycles. The molecule has 136 valence electrons. The molecule has 0 unspecified atom stereocenters. The van der Waals surface area contributed by atoms with Crippen LogP contribution in [0.15, 0.2) is 42.5 Å². The number of para-hydroxylation sites is 2. The van der Waals surface area contributed by atoms with E-state index in [0.717, 1.165) is 0 Å². The van der Waals surface area contributed by atoms with Crippen molar-refractivity contribution in [1.29, 1.82) is 0 Å². The Hall–Kier alpha value is -3.29. The topological polar surface area (TPSA) is 96.2 Å². The minimum atomic E-state index is -0.401. The Kier molecular flexibility index (Phi) is 4.92. The number of anilines is 1. The van der Waals surface area contributed by atoms with E-state index in [0.29, 0.717) is 37.6 Å². The zero-order valence-electron chi connectivity index (χ0n) is 14.3. The quantitative estimate of drug-likeness (QED) is 0.666. The van der Waals surface area contributed by atoms with Gasteiger partial charge in [0.15, 0.2) is 0 Å². The number of nitrogens with zero attached hydrogens (tertiary/aromatic N) is 3. The molecule has 26 heavy (non-hydrogen) atoms. The Labute approximate surface area is 150 Å². The molecule has 8 nitrogen and oxygen atoms in total. The third kappa shape index (κ3) is 3.39. The van der Waals surface area contributed by atoms with E-state index in [4.69, 9.17) is 4.74 Å². The zero-order valence-corrected chi connectivity index (χ0v) is 14.3. The number of rotatable bonds is 4. The first-order valence-corrected chi connectivity index (χ1v) is 8.16. The maximum absolute atomic E-state index is 12.6. The van der Waals surface area contributed by atoms with Crippen molar-refractivity contribution in [2.24, 2.45) is 0 Å². The summed E-state index contributed by atoms with van der Waals surface area (Å²) >= 11 is 0. The van der Waals surface area contributed by atoms with E-state index in [1.807, 2.05) is 4.90 Å². The third-order valence-electron chi connectivity index (χ3n) is 4.42. The monoisotopic (exact) mass is 357 g/mol. The van der Waals surface area contributed by atoms with Crippen LogP contribution in [0, 0.1) is 10.1 Å². The van der Waals surface area contributed by atoms with Gasteiger partial charge in [-0.3, -0.25) is 14.9 Å². The van der Waals surface area contributed by atoms with Gasteiger partial charge in [0.2, 0.25) is 0 Å². The van der Waals surface area contributed by atoms with Crippen LogP contribution in [0.5, 0.6) is 11.5 Å². The molecular formula is C18H19N3O5. The lowest BCUT2D eigenvalue weighted by molar-refractivity contribution is -0.384. The number of amides is 1. The van der Waals surface area contributed by atoms with E-state index in [1.54, 1.807) is 29.2 Å². The van der Waals surface area contributed by atoms with Gasteiger partial charge < -0.3 is 19.6 Å². The molecule has 0 radical (unpaired) electrons. The highest BCUT2D eigenvalue weighted by Gasteiger charge is 2.27. The van der Waals surface area contributed by atoms with Gasteiger partial charge in [-0.05, 0) is 18.2 Å². The number of phenols is 1. The number of hydrogen-bond donors (Lipinski definition) is 1. The maximum atomic E-state index is 12.6. The second kappa shape index (κ2) is 7.30. The van der Waals surface area contributed by atoms with Crippen LogP contribution in [0.4, 0.5) is 11.4 Å². The molecule has 2 aromatic carbocycles. The lowest BCUT2D eigenvalue weighted by atomic mass is 10.1. The summed E-state index contributed by atoms with van der Waals surface area (Å²) in [4.78, 5) is 27.0. The summed E-state index contributed by atoms with van der Waals surface area (Å²) in [7, 11) is 1.48. The SMILES string of the molecule is COc1ccc(C(=O)N2CCN(c3ccccc3[N+](=O)[O-])CC2)c(O)c1. The van der Waals surface area contributed by atoms with E-state index in [9.17, 15) is 20.0 Å². The summed E-state index contributed by atoms with van der Waals surface area (Å²) in [6.07, 6.45) is 0. The third-order valence-corrected chi connectivity index (χ3v) is 4.42. The molecular weight excluding hydrogens is 338 g/mol. The number of ether oxygens (including phenoxy) is 1. The molecule has 0 spiro atoms. The summed E-state index contributed by atoms with van der Waals surface area (Å²) in [5.74, 6) is 0.0723. The van der Waals surface area contributed by atoms with Crippen LogP contribution in [0.1, 0.15) is 10.4 Å². The fourth-order valence-electron chi connectivity index (χ4n) is 3.03. The summed E-state index contributed by atoms with van der Waals surface area (Å²) in [5.41, 5.74) is 0.821. The van der Waals surface area contributed by atoms with Crippen LogP contribution in [0.3, 0.4) is 0 Å². The lowest BCUT2D eigenvalue weighted by Gasteiger charge is -2.35. The van der Waals surface area contributed by atoms with Gasteiger partial charge in [-0.2, -0.15) is 0 Å². The summed E-state index contributed by atoms with van der Waals surface area (Å²) in [6.45, 7) is 1.79.